The maximum Gasteiger partial charge on any atom is 0.277 e. The molecule has 0 unspecified atom stereocenters. The summed E-state index contributed by atoms with van der Waals surface area (Å²) in [4.78, 5) is 12.8. The molecule has 0 saturated heterocycles. The number of hydrazine groups is 1. The van der Waals surface area contributed by atoms with Gasteiger partial charge >= 0.3 is 0 Å². The van der Waals surface area contributed by atoms with E-state index in [4.69, 9.17) is 10.4 Å². The Bertz CT molecular complexity index is 1090. The van der Waals surface area contributed by atoms with E-state index in [1.807, 2.05) is 49.4 Å². The minimum atomic E-state index is -0.363. The summed E-state index contributed by atoms with van der Waals surface area (Å²) >= 11 is 1.38. The Balaban J connectivity index is 1.53. The van der Waals surface area contributed by atoms with Gasteiger partial charge in [-0.15, -0.1) is 10.2 Å². The van der Waals surface area contributed by atoms with E-state index in [1.165, 1.54) is 11.3 Å². The minimum absolute atomic E-state index is 0.175. The number of benzene rings is 1. The van der Waals surface area contributed by atoms with Crippen molar-refractivity contribution in [3.63, 3.8) is 0 Å². The van der Waals surface area contributed by atoms with Gasteiger partial charge in [0.15, 0.2) is 16.5 Å². The number of aromatic nitrogens is 3. The maximum atomic E-state index is 12.8. The molecule has 1 aliphatic rings. The van der Waals surface area contributed by atoms with Crippen molar-refractivity contribution in [2.75, 3.05) is 0 Å². The minimum Gasteiger partial charge on any atom is -0.353 e. The van der Waals surface area contributed by atoms with Crippen LogP contribution >= 0.6 is 11.3 Å². The monoisotopic (exact) mass is 422 g/mol. The smallest absolute Gasteiger partial charge is 0.277 e. The normalized spacial score (nSPS) is 13.9. The topological polar surface area (TPSA) is 110 Å². The second-order valence-electron chi connectivity index (χ2n) is 6.93. The number of nitrogens with zero attached hydrogens (tertiary/aromatic N) is 4. The third-order valence-corrected chi connectivity index (χ3v) is 5.50. The first-order chi connectivity index (χ1) is 14.6. The molecular weight excluding hydrogens is 400 g/mol. The molecule has 1 aromatic carbocycles. The van der Waals surface area contributed by atoms with Crippen molar-refractivity contribution in [2.24, 2.45) is 5.84 Å². The molecule has 1 aliphatic carbocycles. The van der Waals surface area contributed by atoms with Crippen LogP contribution in [-0.2, 0) is 6.54 Å². The number of carbonyl (C=O) groups is 1. The Labute approximate surface area is 178 Å². The van der Waals surface area contributed by atoms with Crippen LogP contribution in [0.2, 0.25) is 0 Å². The number of nitrogens with one attached hydrogen (secondary N) is 1. The Hall–Kier alpha value is -3.30. The van der Waals surface area contributed by atoms with E-state index in [2.05, 4.69) is 20.7 Å². The fourth-order valence-electron chi connectivity index (χ4n) is 3.17. The molecule has 3 N–H and O–H groups in total. The summed E-state index contributed by atoms with van der Waals surface area (Å²) in [5.41, 5.74) is 2.82. The van der Waals surface area contributed by atoms with Gasteiger partial charge in [-0.2, -0.15) is 0 Å². The third kappa shape index (κ3) is 4.64. The van der Waals surface area contributed by atoms with Gasteiger partial charge in [0, 0.05) is 6.07 Å². The van der Waals surface area contributed by atoms with Gasteiger partial charge < -0.3 is 14.8 Å². The van der Waals surface area contributed by atoms with Crippen LogP contribution in [0.25, 0.3) is 10.8 Å². The first-order valence-corrected chi connectivity index (χ1v) is 10.5. The Kier molecular flexibility index (Phi) is 6.01. The highest BCUT2D eigenvalue weighted by molar-refractivity contribution is 7.14. The number of amides is 1. The zero-order chi connectivity index (χ0) is 20.9. The lowest BCUT2D eigenvalue weighted by molar-refractivity contribution is 0.0956. The van der Waals surface area contributed by atoms with Gasteiger partial charge in [0.1, 0.15) is 5.01 Å². The van der Waals surface area contributed by atoms with Crippen LogP contribution < -0.4 is 11.2 Å². The molecule has 0 spiro atoms. The van der Waals surface area contributed by atoms with Gasteiger partial charge in [-0.1, -0.05) is 52.9 Å². The third-order valence-electron chi connectivity index (χ3n) is 4.65. The second-order valence-corrected chi connectivity index (χ2v) is 8.11. The second kappa shape index (κ2) is 9.02. The van der Waals surface area contributed by atoms with Gasteiger partial charge in [-0.25, -0.2) is 5.84 Å². The number of carbonyl (C=O) groups excluding carboxylic acids is 1. The van der Waals surface area contributed by atoms with Gasteiger partial charge in [0.25, 0.3) is 5.91 Å². The lowest BCUT2D eigenvalue weighted by atomic mass is 10.1. The summed E-state index contributed by atoms with van der Waals surface area (Å²) in [5, 5.41) is 17.9. The van der Waals surface area contributed by atoms with E-state index in [0.29, 0.717) is 23.0 Å². The summed E-state index contributed by atoms with van der Waals surface area (Å²) in [6.07, 6.45) is 6.59. The molecule has 0 radical (unpaired) electrons. The average molecular weight is 423 g/mol. The van der Waals surface area contributed by atoms with Crippen LogP contribution in [0.5, 0.6) is 0 Å². The van der Waals surface area contributed by atoms with Crippen LogP contribution in [0.4, 0.5) is 0 Å². The van der Waals surface area contributed by atoms with Crippen LogP contribution in [0, 0.1) is 6.92 Å². The van der Waals surface area contributed by atoms with E-state index < -0.39 is 0 Å². The lowest BCUT2D eigenvalue weighted by Gasteiger charge is -2.24. The standard InChI is InChI=1S/C21H22N6O2S/c1-14-24-25-21(30-14)19-12-17(26-29-19)20(28)23-16-10-6-3-7-11-18(16)27(22)13-15-8-4-2-5-9-15/h2,4-6,8-10,12H,3,7,11,13,22H2,1H3,(H,23,28). The van der Waals surface area contributed by atoms with Crippen LogP contribution in [-0.4, -0.2) is 26.3 Å². The van der Waals surface area contributed by atoms with E-state index in [1.54, 1.807) is 11.1 Å². The summed E-state index contributed by atoms with van der Waals surface area (Å²) in [6.45, 7) is 2.40. The summed E-state index contributed by atoms with van der Waals surface area (Å²) in [7, 11) is 0. The van der Waals surface area contributed by atoms with Crippen molar-refractivity contribution in [3.05, 3.63) is 76.2 Å². The number of nitrogens with two attached hydrogens (primary N) is 1. The molecule has 9 heteroatoms. The molecule has 8 nitrogen and oxygen atoms in total. The zero-order valence-electron chi connectivity index (χ0n) is 16.5. The first kappa shape index (κ1) is 20.0. The van der Waals surface area contributed by atoms with Crippen LogP contribution in [0.15, 0.2) is 64.5 Å². The Morgan fingerprint density at radius 1 is 1.30 bits per heavy atom. The quantitative estimate of drug-likeness (QED) is 0.462. The van der Waals surface area contributed by atoms with E-state index in [0.717, 1.165) is 35.5 Å². The molecule has 30 heavy (non-hydrogen) atoms. The summed E-state index contributed by atoms with van der Waals surface area (Å²) < 4.78 is 5.28. The number of hydrogen-bond acceptors (Lipinski definition) is 8. The van der Waals surface area contributed by atoms with Crippen molar-refractivity contribution in [2.45, 2.75) is 32.7 Å². The fourth-order valence-corrected chi connectivity index (χ4v) is 3.81. The highest BCUT2D eigenvalue weighted by atomic mass is 32.1. The Morgan fingerprint density at radius 3 is 2.90 bits per heavy atom. The zero-order valence-corrected chi connectivity index (χ0v) is 17.4. The van der Waals surface area contributed by atoms with Gasteiger partial charge in [-0.05, 0) is 37.8 Å². The number of hydrogen-bond donors (Lipinski definition) is 2. The molecule has 3 aromatic rings. The number of allylic oxidation sites excluding steroid dienone is 3. The summed E-state index contributed by atoms with van der Waals surface area (Å²) in [5.74, 6) is 6.43. The van der Waals surface area contributed by atoms with Crippen molar-refractivity contribution in [1.82, 2.24) is 25.7 Å². The molecule has 154 valence electrons. The SMILES string of the molecule is Cc1nnc(-c2cc(C(=O)NC3=C(N(N)Cc4ccccc4)CCCC=C3)no2)s1. The van der Waals surface area contributed by atoms with Crippen molar-refractivity contribution < 1.29 is 9.32 Å². The summed E-state index contributed by atoms with van der Waals surface area (Å²) in [6, 6.07) is 11.6. The van der Waals surface area contributed by atoms with E-state index >= 15 is 0 Å². The Morgan fingerprint density at radius 2 is 2.13 bits per heavy atom. The van der Waals surface area contributed by atoms with E-state index in [9.17, 15) is 4.79 Å². The molecule has 4 rings (SSSR count). The average Bonchev–Trinajstić information content (AvgIpc) is 3.34. The molecule has 0 fully saturated rings. The molecule has 2 heterocycles. The predicted octanol–water partition coefficient (Wildman–Crippen LogP) is 3.56. The first-order valence-electron chi connectivity index (χ1n) is 9.64. The molecule has 0 saturated carbocycles. The van der Waals surface area contributed by atoms with Crippen molar-refractivity contribution >= 4 is 17.2 Å². The highest BCUT2D eigenvalue weighted by Gasteiger charge is 2.20. The fraction of sp³-hybridized carbons (Fsp3) is 0.238. The molecule has 0 bridgehead atoms. The van der Waals surface area contributed by atoms with Gasteiger partial charge in [0.05, 0.1) is 17.9 Å². The van der Waals surface area contributed by atoms with Gasteiger partial charge in [-0.3, -0.25) is 4.79 Å². The molecule has 0 atom stereocenters. The van der Waals surface area contributed by atoms with Gasteiger partial charge in [0.2, 0.25) is 0 Å². The number of rotatable bonds is 6. The van der Waals surface area contributed by atoms with Crippen molar-refractivity contribution in [3.8, 4) is 10.8 Å². The van der Waals surface area contributed by atoms with Crippen molar-refractivity contribution in [1.29, 1.82) is 0 Å². The lowest BCUT2D eigenvalue weighted by Crippen LogP contribution is -2.34. The maximum absolute atomic E-state index is 12.8. The largest absolute Gasteiger partial charge is 0.353 e. The van der Waals surface area contributed by atoms with Crippen LogP contribution in [0.3, 0.4) is 0 Å². The van der Waals surface area contributed by atoms with E-state index in [-0.39, 0.29) is 11.6 Å². The van der Waals surface area contributed by atoms with Crippen LogP contribution in [0.1, 0.15) is 40.3 Å². The predicted molar refractivity (Wildman–Crippen MR) is 114 cm³/mol. The highest BCUT2D eigenvalue weighted by Crippen LogP contribution is 2.24. The molecular formula is C21H22N6O2S. The molecule has 1 amide bonds. The molecule has 2 aromatic heterocycles. The number of aryl methyl sites for hydroxylation is 1. The molecule has 0 aliphatic heterocycles.